The van der Waals surface area contributed by atoms with Gasteiger partial charge in [0.05, 0.1) is 17.9 Å². The molecule has 0 atom stereocenters. The van der Waals surface area contributed by atoms with Gasteiger partial charge in [0.25, 0.3) is 0 Å². The van der Waals surface area contributed by atoms with Crippen molar-refractivity contribution in [1.82, 2.24) is 9.78 Å². The molecule has 0 aromatic carbocycles. The molecule has 0 bridgehead atoms. The first-order valence-corrected chi connectivity index (χ1v) is 5.71. The summed E-state index contributed by atoms with van der Waals surface area (Å²) in [6, 6.07) is 0. The predicted molar refractivity (Wildman–Crippen MR) is 66.6 cm³/mol. The summed E-state index contributed by atoms with van der Waals surface area (Å²) in [5.41, 5.74) is 1.40. The number of hydrogen-bond acceptors (Lipinski definition) is 4. The van der Waals surface area contributed by atoms with Gasteiger partial charge in [-0.15, -0.1) is 0 Å². The maximum Gasteiger partial charge on any atom is 0.328 e. The van der Waals surface area contributed by atoms with Crippen molar-refractivity contribution in [3.05, 3.63) is 17.3 Å². The fraction of sp³-hybridized carbons (Fsp3) is 0.500. The summed E-state index contributed by atoms with van der Waals surface area (Å²) in [6.07, 6.45) is 2.56. The number of carbonyl (C=O) groups is 1. The van der Waals surface area contributed by atoms with Gasteiger partial charge in [-0.05, 0) is 19.9 Å². The van der Waals surface area contributed by atoms with E-state index in [0.29, 0.717) is 31.3 Å². The van der Waals surface area contributed by atoms with Crippen molar-refractivity contribution in [2.45, 2.75) is 13.8 Å². The quantitative estimate of drug-likeness (QED) is 0.585. The molecule has 1 rings (SSSR count). The average molecular weight is 254 g/mol. The van der Waals surface area contributed by atoms with Crippen LogP contribution >= 0.6 is 0 Å². The Morgan fingerprint density at radius 1 is 1.50 bits per heavy atom. The zero-order chi connectivity index (χ0) is 13.5. The lowest BCUT2D eigenvalue weighted by molar-refractivity contribution is -0.131. The van der Waals surface area contributed by atoms with Gasteiger partial charge in [-0.25, -0.2) is 9.48 Å². The lowest BCUT2D eigenvalue weighted by Gasteiger charge is -2.07. The minimum Gasteiger partial charge on any atom is -0.478 e. The Morgan fingerprint density at radius 3 is 2.83 bits per heavy atom. The Balaban J connectivity index is 2.79. The number of aliphatic carboxylic acids is 1. The molecular formula is C12H18N2O4. The maximum absolute atomic E-state index is 10.5. The van der Waals surface area contributed by atoms with Crippen molar-refractivity contribution in [3.63, 3.8) is 0 Å². The van der Waals surface area contributed by atoms with Crippen molar-refractivity contribution in [3.8, 4) is 5.88 Å². The van der Waals surface area contributed by atoms with E-state index in [0.717, 1.165) is 11.8 Å². The summed E-state index contributed by atoms with van der Waals surface area (Å²) >= 11 is 0. The standard InChI is InChI=1S/C12H18N2O4/c1-4-17-7-8-18-12-10(5-6-11(15)16)9(2)13-14(12)3/h5-6H,4,7-8H2,1-3H3,(H,15,16). The van der Waals surface area contributed by atoms with Crippen LogP contribution in [0.3, 0.4) is 0 Å². The van der Waals surface area contributed by atoms with E-state index < -0.39 is 5.97 Å². The summed E-state index contributed by atoms with van der Waals surface area (Å²) in [5.74, 6) is -0.455. The lowest BCUT2D eigenvalue weighted by atomic mass is 10.2. The van der Waals surface area contributed by atoms with Crippen molar-refractivity contribution in [2.75, 3.05) is 19.8 Å². The topological polar surface area (TPSA) is 73.6 Å². The van der Waals surface area contributed by atoms with E-state index in [9.17, 15) is 4.79 Å². The van der Waals surface area contributed by atoms with Crippen LogP contribution in [0.4, 0.5) is 0 Å². The highest BCUT2D eigenvalue weighted by atomic mass is 16.5. The third-order valence-corrected chi connectivity index (χ3v) is 2.28. The Kier molecular flexibility index (Phi) is 5.38. The Labute approximate surface area is 106 Å². The maximum atomic E-state index is 10.5. The van der Waals surface area contributed by atoms with Crippen LogP contribution in [0.15, 0.2) is 6.08 Å². The van der Waals surface area contributed by atoms with Gasteiger partial charge in [-0.1, -0.05) is 0 Å². The molecule has 0 radical (unpaired) electrons. The third kappa shape index (κ3) is 3.89. The number of hydrogen-bond donors (Lipinski definition) is 1. The normalized spacial score (nSPS) is 11.1. The van der Waals surface area contributed by atoms with Gasteiger partial charge >= 0.3 is 5.97 Å². The molecule has 0 unspecified atom stereocenters. The van der Waals surface area contributed by atoms with Crippen molar-refractivity contribution < 1.29 is 19.4 Å². The molecule has 1 heterocycles. The summed E-state index contributed by atoms with van der Waals surface area (Å²) in [6.45, 7) is 5.25. The number of nitrogens with zero attached hydrogens (tertiary/aromatic N) is 2. The summed E-state index contributed by atoms with van der Waals surface area (Å²) in [7, 11) is 1.75. The van der Waals surface area contributed by atoms with Gasteiger partial charge in [0, 0.05) is 19.7 Å². The van der Waals surface area contributed by atoms with Gasteiger partial charge in [-0.2, -0.15) is 5.10 Å². The molecule has 0 aliphatic carbocycles. The van der Waals surface area contributed by atoms with Crippen molar-refractivity contribution in [2.24, 2.45) is 7.05 Å². The van der Waals surface area contributed by atoms with Crippen LogP contribution in [0, 0.1) is 6.92 Å². The molecule has 0 saturated heterocycles. The van der Waals surface area contributed by atoms with Crippen LogP contribution in [0.2, 0.25) is 0 Å². The van der Waals surface area contributed by atoms with Crippen LogP contribution < -0.4 is 4.74 Å². The predicted octanol–water partition coefficient (Wildman–Crippen LogP) is 1.24. The summed E-state index contributed by atoms with van der Waals surface area (Å²) in [5, 5.41) is 12.8. The highest BCUT2D eigenvalue weighted by molar-refractivity contribution is 5.86. The van der Waals surface area contributed by atoms with E-state index in [1.54, 1.807) is 18.7 Å². The number of carboxylic acid groups (broad SMARTS) is 1. The molecule has 100 valence electrons. The number of aryl methyl sites for hydroxylation is 2. The molecule has 1 aromatic rings. The van der Waals surface area contributed by atoms with E-state index in [4.69, 9.17) is 14.6 Å². The van der Waals surface area contributed by atoms with Crippen molar-refractivity contribution in [1.29, 1.82) is 0 Å². The molecule has 0 spiro atoms. The van der Waals surface area contributed by atoms with Gasteiger partial charge in [0.2, 0.25) is 5.88 Å². The second-order valence-electron chi connectivity index (χ2n) is 3.64. The smallest absolute Gasteiger partial charge is 0.328 e. The van der Waals surface area contributed by atoms with E-state index in [-0.39, 0.29) is 0 Å². The lowest BCUT2D eigenvalue weighted by Crippen LogP contribution is -2.09. The van der Waals surface area contributed by atoms with Crippen LogP contribution in [0.25, 0.3) is 6.08 Å². The summed E-state index contributed by atoms with van der Waals surface area (Å²) < 4.78 is 12.3. The second kappa shape index (κ2) is 6.80. The highest BCUT2D eigenvalue weighted by Gasteiger charge is 2.12. The SMILES string of the molecule is CCOCCOc1c(C=CC(=O)O)c(C)nn1C. The fourth-order valence-electron chi connectivity index (χ4n) is 1.51. The Morgan fingerprint density at radius 2 is 2.22 bits per heavy atom. The molecule has 0 fully saturated rings. The molecular weight excluding hydrogens is 236 g/mol. The molecule has 6 heteroatoms. The molecule has 0 aliphatic rings. The van der Waals surface area contributed by atoms with Gasteiger partial charge in [-0.3, -0.25) is 0 Å². The monoisotopic (exact) mass is 254 g/mol. The molecule has 6 nitrogen and oxygen atoms in total. The number of rotatable bonds is 7. The average Bonchev–Trinajstić information content (AvgIpc) is 2.57. The van der Waals surface area contributed by atoms with E-state index in [2.05, 4.69) is 5.10 Å². The van der Waals surface area contributed by atoms with E-state index in [1.807, 2.05) is 6.92 Å². The van der Waals surface area contributed by atoms with E-state index in [1.165, 1.54) is 6.08 Å². The van der Waals surface area contributed by atoms with Crippen LogP contribution in [0.1, 0.15) is 18.2 Å². The first-order valence-electron chi connectivity index (χ1n) is 5.71. The first kappa shape index (κ1) is 14.2. The molecule has 1 aromatic heterocycles. The van der Waals surface area contributed by atoms with Gasteiger partial charge < -0.3 is 14.6 Å². The Bertz CT molecular complexity index is 438. The largest absolute Gasteiger partial charge is 0.478 e. The molecule has 18 heavy (non-hydrogen) atoms. The molecule has 0 saturated carbocycles. The molecule has 1 N–H and O–H groups in total. The fourth-order valence-corrected chi connectivity index (χ4v) is 1.51. The second-order valence-corrected chi connectivity index (χ2v) is 3.64. The number of aromatic nitrogens is 2. The van der Waals surface area contributed by atoms with E-state index >= 15 is 0 Å². The molecule has 0 amide bonds. The highest BCUT2D eigenvalue weighted by Crippen LogP contribution is 2.22. The zero-order valence-corrected chi connectivity index (χ0v) is 10.8. The zero-order valence-electron chi connectivity index (χ0n) is 10.8. The number of ether oxygens (including phenoxy) is 2. The molecule has 0 aliphatic heterocycles. The van der Waals surface area contributed by atoms with Gasteiger partial charge in [0.1, 0.15) is 6.61 Å². The number of carboxylic acids is 1. The minimum absolute atomic E-state index is 0.403. The van der Waals surface area contributed by atoms with Gasteiger partial charge in [0.15, 0.2) is 0 Å². The van der Waals surface area contributed by atoms with Crippen LogP contribution in [-0.2, 0) is 16.6 Å². The third-order valence-electron chi connectivity index (χ3n) is 2.28. The minimum atomic E-state index is -1.00. The van der Waals surface area contributed by atoms with Crippen LogP contribution in [-0.4, -0.2) is 40.7 Å². The summed E-state index contributed by atoms with van der Waals surface area (Å²) in [4.78, 5) is 10.5. The van der Waals surface area contributed by atoms with Crippen LogP contribution in [0.5, 0.6) is 5.88 Å². The first-order chi connectivity index (χ1) is 8.56. The van der Waals surface area contributed by atoms with Crippen molar-refractivity contribution >= 4 is 12.0 Å². The Hall–Kier alpha value is -1.82.